The number of aromatic carboxylic acids is 1. The van der Waals surface area contributed by atoms with E-state index in [1.807, 2.05) is 59.2 Å². The van der Waals surface area contributed by atoms with Crippen molar-refractivity contribution in [2.75, 3.05) is 45.7 Å². The molecule has 1 aliphatic heterocycles. The van der Waals surface area contributed by atoms with Gasteiger partial charge in [0.1, 0.15) is 17.7 Å². The van der Waals surface area contributed by atoms with Crippen LogP contribution in [0.4, 0.5) is 5.82 Å². The van der Waals surface area contributed by atoms with Crippen molar-refractivity contribution in [3.05, 3.63) is 101 Å². The highest BCUT2D eigenvalue weighted by Crippen LogP contribution is 2.23. The lowest BCUT2D eigenvalue weighted by Gasteiger charge is -2.31. The molecule has 1 aromatic heterocycles. The Morgan fingerprint density at radius 1 is 1.09 bits per heavy atom. The maximum atomic E-state index is 13.1. The van der Waals surface area contributed by atoms with Crippen LogP contribution < -0.4 is 20.3 Å². The zero-order valence-corrected chi connectivity index (χ0v) is 27.6. The van der Waals surface area contributed by atoms with Crippen molar-refractivity contribution in [1.82, 2.24) is 20.5 Å². The number of pyridine rings is 1. The first kappa shape index (κ1) is 37.7. The Bertz CT molecular complexity index is 1290. The van der Waals surface area contributed by atoms with Gasteiger partial charge in [-0.3, -0.25) is 4.79 Å². The van der Waals surface area contributed by atoms with Crippen LogP contribution in [0.15, 0.2) is 79.2 Å². The van der Waals surface area contributed by atoms with E-state index in [4.69, 9.17) is 9.72 Å². The van der Waals surface area contributed by atoms with Crippen molar-refractivity contribution in [1.29, 1.82) is 0 Å². The first-order valence-corrected chi connectivity index (χ1v) is 15.2. The van der Waals surface area contributed by atoms with Gasteiger partial charge < -0.3 is 30.3 Å². The van der Waals surface area contributed by atoms with E-state index in [0.717, 1.165) is 24.1 Å². The molecule has 1 unspecified atom stereocenters. The topological polar surface area (TPSA) is 107 Å². The minimum atomic E-state index is -0.979. The molecule has 0 saturated carbocycles. The van der Waals surface area contributed by atoms with Gasteiger partial charge in [-0.2, -0.15) is 0 Å². The Labute approximate surface area is 264 Å². The average Bonchev–Trinajstić information content (AvgIpc) is 3.31. The standard InChI is InChI=1S/C30H36N4O4.C3H9N.C2H6/c1-5-34(27-13-7-6-10-17-31-27)28-26(29(35)33(3)4)20-23(21-32-28)16-18-38-25-12-9-8-11-24(30(36)37)15-14-22(2)19-25;1-3-4-2;1-2/h7-15,17,19-21,27,31H,5-6,16,18H2,1-4H3,(H,36,37);4H,3H2,1-2H3;1-2H3. The fraction of sp³-hybridized carbons (Fsp3) is 0.400. The number of nitrogens with one attached hydrogen (secondary N) is 2. The molecule has 2 aromatic rings. The number of nitrogens with zero attached hydrogens (tertiary/aromatic N) is 3. The Morgan fingerprint density at radius 2 is 1.80 bits per heavy atom. The van der Waals surface area contributed by atoms with Crippen LogP contribution >= 0.6 is 0 Å². The van der Waals surface area contributed by atoms with Gasteiger partial charge in [-0.15, -0.1) is 0 Å². The highest BCUT2D eigenvalue weighted by molar-refractivity contribution is 5.99. The normalized spacial score (nSPS) is 13.0. The van der Waals surface area contributed by atoms with Crippen molar-refractivity contribution < 1.29 is 19.4 Å². The first-order valence-electron chi connectivity index (χ1n) is 15.2. The van der Waals surface area contributed by atoms with E-state index < -0.39 is 5.97 Å². The third-order valence-corrected chi connectivity index (χ3v) is 6.29. The molecule has 44 heavy (non-hydrogen) atoms. The lowest BCUT2D eigenvalue weighted by molar-refractivity contribution is 0.0696. The molecule has 240 valence electrons. The number of amides is 1. The lowest BCUT2D eigenvalue weighted by atomic mass is 10.1. The van der Waals surface area contributed by atoms with E-state index in [9.17, 15) is 14.7 Å². The molecule has 0 bridgehead atoms. The largest absolute Gasteiger partial charge is 0.493 e. The van der Waals surface area contributed by atoms with Crippen LogP contribution in [0, 0.1) is 6.92 Å². The van der Waals surface area contributed by atoms with Crippen molar-refractivity contribution in [2.45, 2.75) is 53.6 Å². The molecule has 1 aromatic carbocycles. The molecule has 2 heterocycles. The fourth-order valence-corrected chi connectivity index (χ4v) is 3.94. The van der Waals surface area contributed by atoms with E-state index >= 15 is 0 Å². The molecule has 0 spiro atoms. The quantitative estimate of drug-likeness (QED) is 0.283. The molecule has 0 saturated heterocycles. The number of allylic oxidation sites excluding steroid dienone is 2. The summed E-state index contributed by atoms with van der Waals surface area (Å²) in [4.78, 5) is 32.8. The van der Waals surface area contributed by atoms with E-state index in [1.165, 1.54) is 6.07 Å². The Kier molecular flexibility index (Phi) is 18.3. The van der Waals surface area contributed by atoms with Gasteiger partial charge in [-0.1, -0.05) is 51.1 Å². The van der Waals surface area contributed by atoms with Gasteiger partial charge in [0.15, 0.2) is 0 Å². The molecule has 1 atom stereocenters. The van der Waals surface area contributed by atoms with Gasteiger partial charge in [0.25, 0.3) is 5.91 Å². The lowest BCUT2D eigenvalue weighted by Crippen LogP contribution is -2.43. The molecular weight excluding hydrogens is 554 g/mol. The second kappa shape index (κ2) is 21.3. The predicted octanol–water partition coefficient (Wildman–Crippen LogP) is 6.00. The van der Waals surface area contributed by atoms with Crippen LogP contribution in [0.1, 0.15) is 66.0 Å². The van der Waals surface area contributed by atoms with Crippen LogP contribution in [0.25, 0.3) is 0 Å². The molecule has 0 fully saturated rings. The summed E-state index contributed by atoms with van der Waals surface area (Å²) in [5.74, 6) is 0.197. The van der Waals surface area contributed by atoms with Crippen LogP contribution in [0.5, 0.6) is 5.75 Å². The number of aryl methyl sites for hydroxylation is 1. The van der Waals surface area contributed by atoms with E-state index in [1.54, 1.807) is 55.5 Å². The second-order valence-corrected chi connectivity index (χ2v) is 9.79. The number of rotatable bonds is 10. The molecule has 3 rings (SSSR count). The molecule has 3 N–H and O–H groups in total. The van der Waals surface area contributed by atoms with Crippen molar-refractivity contribution >= 4 is 17.7 Å². The minimum absolute atomic E-state index is 0.104. The van der Waals surface area contributed by atoms with Crippen LogP contribution in [0.3, 0.4) is 0 Å². The Morgan fingerprint density at radius 3 is 2.43 bits per heavy atom. The zero-order chi connectivity index (χ0) is 32.9. The first-order chi connectivity index (χ1) is 21.2. The van der Waals surface area contributed by atoms with Crippen LogP contribution in [0.2, 0.25) is 0 Å². The van der Waals surface area contributed by atoms with Crippen LogP contribution in [-0.4, -0.2) is 73.9 Å². The molecule has 1 aliphatic rings. The summed E-state index contributed by atoms with van der Waals surface area (Å²) in [6.45, 7) is 12.1. The number of carboxylic acids is 1. The van der Waals surface area contributed by atoms with Gasteiger partial charge >= 0.3 is 5.97 Å². The SMILES string of the molecule is CC.CCN(c1ncc(CCOc2ccccc(C(=O)O)ccc(C)c2)cc1C(=O)N(C)C)C1C=CCC=CN1.CCNC. The third-order valence-electron chi connectivity index (χ3n) is 6.29. The maximum absolute atomic E-state index is 13.1. The molecule has 0 radical (unpaired) electrons. The Hall–Kier alpha value is -4.37. The molecule has 1 amide bonds. The fourth-order valence-electron chi connectivity index (χ4n) is 3.94. The number of carbonyl (C=O) groups excluding carboxylic acids is 1. The van der Waals surface area contributed by atoms with Crippen molar-refractivity contribution in [2.24, 2.45) is 0 Å². The van der Waals surface area contributed by atoms with Gasteiger partial charge in [0.2, 0.25) is 0 Å². The number of aromatic nitrogens is 1. The number of ether oxygens (including phenoxy) is 1. The highest BCUT2D eigenvalue weighted by Gasteiger charge is 2.23. The van der Waals surface area contributed by atoms with Gasteiger partial charge in [-0.05, 0) is 87.6 Å². The smallest absolute Gasteiger partial charge is 0.335 e. The summed E-state index contributed by atoms with van der Waals surface area (Å²) in [5, 5.41) is 15.5. The zero-order valence-electron chi connectivity index (χ0n) is 27.6. The highest BCUT2D eigenvalue weighted by atomic mass is 16.5. The summed E-state index contributed by atoms with van der Waals surface area (Å²) in [7, 11) is 5.41. The number of anilines is 1. The summed E-state index contributed by atoms with van der Waals surface area (Å²) >= 11 is 0. The summed E-state index contributed by atoms with van der Waals surface area (Å²) < 4.78 is 6.02. The maximum Gasteiger partial charge on any atom is 0.335 e. The summed E-state index contributed by atoms with van der Waals surface area (Å²) in [5.41, 5.74) is 2.50. The van der Waals surface area contributed by atoms with Crippen molar-refractivity contribution in [3.63, 3.8) is 0 Å². The minimum Gasteiger partial charge on any atom is -0.493 e. The predicted molar refractivity (Wildman–Crippen MR) is 181 cm³/mol. The van der Waals surface area contributed by atoms with E-state index in [-0.39, 0.29) is 17.6 Å². The molecule has 9 nitrogen and oxygen atoms in total. The van der Waals surface area contributed by atoms with Gasteiger partial charge in [0.05, 0.1) is 17.7 Å². The monoisotopic (exact) mass is 605 g/mol. The van der Waals surface area contributed by atoms with Crippen LogP contribution in [-0.2, 0) is 6.42 Å². The van der Waals surface area contributed by atoms with E-state index in [2.05, 4.69) is 34.6 Å². The van der Waals surface area contributed by atoms with Gasteiger partial charge in [-0.25, -0.2) is 9.78 Å². The molecule has 9 heteroatoms. The number of carbonyl (C=O) groups is 2. The number of hydrogen-bond donors (Lipinski definition) is 3. The average molecular weight is 606 g/mol. The van der Waals surface area contributed by atoms with Gasteiger partial charge in [0, 0.05) is 33.3 Å². The number of likely N-dealkylation sites (N-methyl/N-ethyl adjacent to an activating group) is 1. The molecule has 0 aliphatic carbocycles. The summed E-state index contributed by atoms with van der Waals surface area (Å²) in [6.07, 6.45) is 11.3. The third kappa shape index (κ3) is 12.9. The Balaban J connectivity index is 0.00000149. The number of carboxylic acid groups (broad SMARTS) is 1. The van der Waals surface area contributed by atoms with Crippen molar-refractivity contribution in [3.8, 4) is 5.75 Å². The number of hydrogen-bond acceptors (Lipinski definition) is 7. The molecular formula is C35H51N5O4. The summed E-state index contributed by atoms with van der Waals surface area (Å²) in [6, 6.07) is 13.8. The second-order valence-electron chi connectivity index (χ2n) is 9.79. The van der Waals surface area contributed by atoms with E-state index in [0.29, 0.717) is 36.7 Å².